The Hall–Kier alpha value is -1.18. The Morgan fingerprint density at radius 2 is 2.12 bits per heavy atom. The quantitative estimate of drug-likeness (QED) is 0.509. The van der Waals surface area contributed by atoms with Crippen LogP contribution in [-0.2, 0) is 9.53 Å². The van der Waals surface area contributed by atoms with Gasteiger partial charge in [0.25, 0.3) is 5.91 Å². The number of halogens is 2. The number of hydrogen-bond donors (Lipinski definition) is 1. The molecule has 1 rings (SSSR count). The van der Waals surface area contributed by atoms with Gasteiger partial charge in [0.15, 0.2) is 0 Å². The molecule has 17 heavy (non-hydrogen) atoms. The number of alkyl halides is 1. The van der Waals surface area contributed by atoms with Crippen LogP contribution in [0.15, 0.2) is 24.3 Å². The summed E-state index contributed by atoms with van der Waals surface area (Å²) in [5.41, 5.74) is -0.0408. The van der Waals surface area contributed by atoms with Crippen LogP contribution in [0.2, 0.25) is 0 Å². The molecule has 0 radical (unpaired) electrons. The molecular formula is C11H11FINO3. The number of carbonyl (C=O) groups is 2. The highest BCUT2D eigenvalue weighted by molar-refractivity contribution is 14.1. The molecule has 0 aliphatic rings. The van der Waals surface area contributed by atoms with E-state index in [-0.39, 0.29) is 12.1 Å². The summed E-state index contributed by atoms with van der Waals surface area (Å²) in [5.74, 6) is -1.57. The second-order valence-corrected chi connectivity index (χ2v) is 4.68. The van der Waals surface area contributed by atoms with Crippen molar-refractivity contribution in [1.82, 2.24) is 5.32 Å². The van der Waals surface area contributed by atoms with Gasteiger partial charge in [-0.05, 0) is 12.1 Å². The van der Waals surface area contributed by atoms with Gasteiger partial charge >= 0.3 is 5.97 Å². The molecular weight excluding hydrogens is 340 g/mol. The molecule has 0 aliphatic heterocycles. The fourth-order valence-electron chi connectivity index (χ4n) is 1.13. The zero-order valence-electron chi connectivity index (χ0n) is 9.07. The predicted octanol–water partition coefficient (Wildman–Crippen LogP) is 1.53. The van der Waals surface area contributed by atoms with Gasteiger partial charge in [-0.25, -0.2) is 4.39 Å². The lowest BCUT2D eigenvalue weighted by Crippen LogP contribution is -2.34. The first kappa shape index (κ1) is 13.9. The van der Waals surface area contributed by atoms with E-state index in [0.29, 0.717) is 0 Å². The van der Waals surface area contributed by atoms with Crippen molar-refractivity contribution in [3.05, 3.63) is 35.6 Å². The molecule has 1 amide bonds. The minimum Gasteiger partial charge on any atom is -0.468 e. The molecule has 0 saturated heterocycles. The number of carbonyl (C=O) groups excluding carboxylic acids is 2. The maximum Gasteiger partial charge on any atom is 0.320 e. The van der Waals surface area contributed by atoms with Gasteiger partial charge in [0.05, 0.1) is 12.7 Å². The molecule has 4 nitrogen and oxygen atoms in total. The lowest BCUT2D eigenvalue weighted by atomic mass is 10.2. The fourth-order valence-corrected chi connectivity index (χ4v) is 1.61. The molecule has 1 unspecified atom stereocenters. The van der Waals surface area contributed by atoms with Crippen molar-refractivity contribution in [3.63, 3.8) is 0 Å². The van der Waals surface area contributed by atoms with Crippen LogP contribution in [0.1, 0.15) is 10.4 Å². The van der Waals surface area contributed by atoms with Crippen molar-refractivity contribution in [2.75, 3.05) is 13.7 Å². The van der Waals surface area contributed by atoms with Crippen molar-refractivity contribution in [2.45, 2.75) is 3.92 Å². The second-order valence-electron chi connectivity index (χ2n) is 3.18. The van der Waals surface area contributed by atoms with E-state index in [2.05, 4.69) is 10.1 Å². The molecule has 1 N–H and O–H groups in total. The summed E-state index contributed by atoms with van der Waals surface area (Å²) in [6.07, 6.45) is 0. The van der Waals surface area contributed by atoms with Crippen LogP contribution < -0.4 is 5.32 Å². The van der Waals surface area contributed by atoms with E-state index in [9.17, 15) is 14.0 Å². The van der Waals surface area contributed by atoms with E-state index in [0.717, 1.165) is 0 Å². The smallest absolute Gasteiger partial charge is 0.320 e. The van der Waals surface area contributed by atoms with Crippen molar-refractivity contribution in [2.24, 2.45) is 0 Å². The summed E-state index contributed by atoms with van der Waals surface area (Å²) < 4.78 is 17.2. The van der Waals surface area contributed by atoms with Crippen molar-refractivity contribution < 1.29 is 18.7 Å². The van der Waals surface area contributed by atoms with E-state index < -0.39 is 21.6 Å². The third kappa shape index (κ3) is 3.95. The highest BCUT2D eigenvalue weighted by atomic mass is 127. The molecule has 92 valence electrons. The normalized spacial score (nSPS) is 11.7. The third-order valence-electron chi connectivity index (χ3n) is 2.02. The van der Waals surface area contributed by atoms with Crippen molar-refractivity contribution >= 4 is 34.5 Å². The van der Waals surface area contributed by atoms with Crippen LogP contribution in [0.4, 0.5) is 4.39 Å². The number of nitrogens with one attached hydrogen (secondary N) is 1. The molecule has 0 aromatic heterocycles. The van der Waals surface area contributed by atoms with Crippen LogP contribution in [-0.4, -0.2) is 29.5 Å². The first-order chi connectivity index (χ1) is 8.06. The Bertz CT molecular complexity index is 425. The minimum absolute atomic E-state index is 0.0408. The van der Waals surface area contributed by atoms with Crippen molar-refractivity contribution in [3.8, 4) is 0 Å². The average Bonchev–Trinajstić information content (AvgIpc) is 2.35. The van der Waals surface area contributed by atoms with Crippen LogP contribution in [0.25, 0.3) is 0 Å². The van der Waals surface area contributed by atoms with Gasteiger partial charge in [-0.2, -0.15) is 0 Å². The highest BCUT2D eigenvalue weighted by Gasteiger charge is 2.17. The fraction of sp³-hybridized carbons (Fsp3) is 0.273. The first-order valence-corrected chi connectivity index (χ1v) is 6.05. The summed E-state index contributed by atoms with van der Waals surface area (Å²) in [5, 5.41) is 2.47. The minimum atomic E-state index is -0.590. The lowest BCUT2D eigenvalue weighted by Gasteiger charge is -2.09. The Morgan fingerprint density at radius 1 is 1.47 bits per heavy atom. The molecule has 1 aromatic rings. The molecule has 0 heterocycles. The Kier molecular flexibility index (Phi) is 5.33. The van der Waals surface area contributed by atoms with E-state index in [1.807, 2.05) is 22.6 Å². The van der Waals surface area contributed by atoms with Gasteiger partial charge in [-0.3, -0.25) is 9.59 Å². The summed E-state index contributed by atoms with van der Waals surface area (Å²) >= 11 is 1.85. The number of esters is 1. The van der Waals surface area contributed by atoms with E-state index in [1.54, 1.807) is 6.07 Å². The second kappa shape index (κ2) is 6.53. The van der Waals surface area contributed by atoms with Gasteiger partial charge < -0.3 is 10.1 Å². The number of rotatable bonds is 4. The van der Waals surface area contributed by atoms with Gasteiger partial charge in [-0.15, -0.1) is 0 Å². The Balaban J connectivity index is 2.57. The van der Waals surface area contributed by atoms with Gasteiger partial charge in [0.1, 0.15) is 9.74 Å². The first-order valence-electron chi connectivity index (χ1n) is 4.81. The van der Waals surface area contributed by atoms with Crippen LogP contribution >= 0.6 is 22.6 Å². The largest absolute Gasteiger partial charge is 0.468 e. The lowest BCUT2D eigenvalue weighted by molar-refractivity contribution is -0.139. The number of ether oxygens (including phenoxy) is 1. The average molecular weight is 351 g/mol. The molecule has 0 aliphatic carbocycles. The van der Waals surface area contributed by atoms with Gasteiger partial charge in [0.2, 0.25) is 0 Å². The molecule has 0 saturated carbocycles. The maximum atomic E-state index is 13.2. The summed E-state index contributed by atoms with van der Waals surface area (Å²) in [4.78, 5) is 22.6. The summed E-state index contributed by atoms with van der Waals surface area (Å²) in [6.45, 7) is 0.0976. The molecule has 1 aromatic carbocycles. The van der Waals surface area contributed by atoms with E-state index >= 15 is 0 Å². The predicted molar refractivity (Wildman–Crippen MR) is 68.6 cm³/mol. The SMILES string of the molecule is COC(=O)C(I)CNC(=O)c1ccccc1F. The van der Waals surface area contributed by atoms with E-state index in [4.69, 9.17) is 0 Å². The standard InChI is InChI=1S/C11H11FINO3/c1-17-11(16)9(13)6-14-10(15)7-4-2-3-5-8(7)12/h2-5,9H,6H2,1H3,(H,14,15). The highest BCUT2D eigenvalue weighted by Crippen LogP contribution is 2.07. The molecule has 0 fully saturated rings. The Morgan fingerprint density at radius 3 is 2.71 bits per heavy atom. The number of amides is 1. The van der Waals surface area contributed by atoms with Gasteiger partial charge in [-0.1, -0.05) is 34.7 Å². The Labute approximate surface area is 112 Å². The molecule has 0 bridgehead atoms. The zero-order chi connectivity index (χ0) is 12.8. The van der Waals surface area contributed by atoms with Crippen LogP contribution in [0.3, 0.4) is 0 Å². The van der Waals surface area contributed by atoms with Crippen LogP contribution in [0.5, 0.6) is 0 Å². The zero-order valence-corrected chi connectivity index (χ0v) is 11.2. The van der Waals surface area contributed by atoms with Crippen molar-refractivity contribution in [1.29, 1.82) is 0 Å². The number of methoxy groups -OCH3 is 1. The van der Waals surface area contributed by atoms with Gasteiger partial charge in [0, 0.05) is 6.54 Å². The monoisotopic (exact) mass is 351 g/mol. The third-order valence-corrected chi connectivity index (χ3v) is 2.97. The summed E-state index contributed by atoms with van der Waals surface area (Å²) in [6, 6.07) is 5.66. The molecule has 0 spiro atoms. The molecule has 6 heteroatoms. The topological polar surface area (TPSA) is 55.4 Å². The van der Waals surface area contributed by atoms with Crippen LogP contribution in [0, 0.1) is 5.82 Å². The number of benzene rings is 1. The maximum absolute atomic E-state index is 13.2. The van der Waals surface area contributed by atoms with E-state index in [1.165, 1.54) is 25.3 Å². The summed E-state index contributed by atoms with van der Waals surface area (Å²) in [7, 11) is 1.27. The molecule has 1 atom stereocenters. The number of hydrogen-bond acceptors (Lipinski definition) is 3.